The third-order valence-electron chi connectivity index (χ3n) is 6.82. The second-order valence-electron chi connectivity index (χ2n) is 8.76. The fourth-order valence-corrected chi connectivity index (χ4v) is 5.04. The highest BCUT2D eigenvalue weighted by atomic mass is 16.5. The van der Waals surface area contributed by atoms with E-state index in [0.29, 0.717) is 25.6 Å². The Balaban J connectivity index is 1.16. The van der Waals surface area contributed by atoms with Crippen molar-refractivity contribution < 1.29 is 9.84 Å². The van der Waals surface area contributed by atoms with Gasteiger partial charge in [0.15, 0.2) is 0 Å². The standard InChI is InChI=1S/C27H30N2O2/c30-27(16-25-23-8-4-5-9-24(23)26-17-28-19-29(25)26)22-12-10-20(11-13-22)14-15-31-18-21-6-2-1-3-7-21/h1-7,9,14,17,19,22,27,30H,8,10-13,15-16,18H2. The highest BCUT2D eigenvalue weighted by molar-refractivity contribution is 5.62. The van der Waals surface area contributed by atoms with Crippen molar-refractivity contribution in [2.75, 3.05) is 6.61 Å². The summed E-state index contributed by atoms with van der Waals surface area (Å²) in [5.41, 5.74) is 6.42. The van der Waals surface area contributed by atoms with Crippen molar-refractivity contribution in [1.29, 1.82) is 0 Å². The molecule has 0 radical (unpaired) electrons. The zero-order chi connectivity index (χ0) is 21.0. The lowest BCUT2D eigenvalue weighted by Gasteiger charge is -2.28. The van der Waals surface area contributed by atoms with Crippen LogP contribution in [0.15, 0.2) is 66.7 Å². The number of fused-ring (bicyclic) bond motifs is 3. The molecule has 4 heteroatoms. The summed E-state index contributed by atoms with van der Waals surface area (Å²) in [5, 5.41) is 12.3. The second kappa shape index (κ2) is 9.21. The lowest BCUT2D eigenvalue weighted by atomic mass is 9.81. The first-order chi connectivity index (χ1) is 15.3. The van der Waals surface area contributed by atoms with Crippen LogP contribution in [0.3, 0.4) is 0 Å². The average Bonchev–Trinajstić information content (AvgIpc) is 3.40. The maximum absolute atomic E-state index is 11.1. The zero-order valence-electron chi connectivity index (χ0n) is 17.9. The summed E-state index contributed by atoms with van der Waals surface area (Å²) in [4.78, 5) is 4.33. The molecular formula is C27H30N2O2. The fraction of sp³-hybridized carbons (Fsp3) is 0.370. The molecule has 2 heterocycles. The van der Waals surface area contributed by atoms with Crippen LogP contribution in [-0.4, -0.2) is 27.2 Å². The van der Waals surface area contributed by atoms with E-state index in [2.05, 4.69) is 45.8 Å². The van der Waals surface area contributed by atoms with Crippen molar-refractivity contribution in [3.05, 3.63) is 88.7 Å². The minimum absolute atomic E-state index is 0.307. The number of aromatic nitrogens is 2. The molecule has 0 bridgehead atoms. The number of hydrogen-bond donors (Lipinski definition) is 1. The summed E-state index contributed by atoms with van der Waals surface area (Å²) < 4.78 is 7.99. The van der Waals surface area contributed by atoms with Crippen molar-refractivity contribution in [3.63, 3.8) is 0 Å². The van der Waals surface area contributed by atoms with E-state index in [4.69, 9.17) is 4.74 Å². The van der Waals surface area contributed by atoms with Crippen LogP contribution in [0.2, 0.25) is 0 Å². The molecule has 0 spiro atoms. The van der Waals surface area contributed by atoms with E-state index in [1.54, 1.807) is 0 Å². The van der Waals surface area contributed by atoms with Crippen LogP contribution in [0.25, 0.3) is 11.6 Å². The minimum Gasteiger partial charge on any atom is -0.392 e. The van der Waals surface area contributed by atoms with Gasteiger partial charge in [0.25, 0.3) is 0 Å². The van der Waals surface area contributed by atoms with Gasteiger partial charge < -0.3 is 14.2 Å². The van der Waals surface area contributed by atoms with Crippen molar-refractivity contribution in [1.82, 2.24) is 9.38 Å². The number of nitrogens with zero attached hydrogens (tertiary/aromatic N) is 2. The molecule has 1 atom stereocenters. The first-order valence-corrected chi connectivity index (χ1v) is 11.4. The molecule has 5 rings (SSSR count). The van der Waals surface area contributed by atoms with Gasteiger partial charge in [-0.15, -0.1) is 0 Å². The van der Waals surface area contributed by atoms with Gasteiger partial charge in [0.05, 0.1) is 37.4 Å². The second-order valence-corrected chi connectivity index (χ2v) is 8.76. The molecular weight excluding hydrogens is 384 g/mol. The van der Waals surface area contributed by atoms with Crippen molar-refractivity contribution in [3.8, 4) is 0 Å². The highest BCUT2D eigenvalue weighted by Gasteiger charge is 2.26. The fourth-order valence-electron chi connectivity index (χ4n) is 5.04. The average molecular weight is 415 g/mol. The van der Waals surface area contributed by atoms with Gasteiger partial charge in [-0.3, -0.25) is 0 Å². The minimum atomic E-state index is -0.307. The van der Waals surface area contributed by atoms with Gasteiger partial charge in [0, 0.05) is 17.3 Å². The molecule has 31 heavy (non-hydrogen) atoms. The Morgan fingerprint density at radius 3 is 2.87 bits per heavy atom. The first-order valence-electron chi connectivity index (χ1n) is 11.4. The molecule has 1 aromatic carbocycles. The van der Waals surface area contributed by atoms with Gasteiger partial charge in [0.1, 0.15) is 0 Å². The summed E-state index contributed by atoms with van der Waals surface area (Å²) >= 11 is 0. The van der Waals surface area contributed by atoms with E-state index in [9.17, 15) is 5.11 Å². The van der Waals surface area contributed by atoms with E-state index in [0.717, 1.165) is 37.6 Å². The molecule has 0 aliphatic heterocycles. The summed E-state index contributed by atoms with van der Waals surface area (Å²) in [6, 6.07) is 10.3. The zero-order valence-corrected chi connectivity index (χ0v) is 17.9. The van der Waals surface area contributed by atoms with Gasteiger partial charge >= 0.3 is 0 Å². The van der Waals surface area contributed by atoms with Gasteiger partial charge in [-0.2, -0.15) is 0 Å². The Kier molecular flexibility index (Phi) is 6.01. The van der Waals surface area contributed by atoms with Crippen molar-refractivity contribution in [2.45, 2.75) is 51.2 Å². The number of aliphatic hydroxyl groups excluding tert-OH is 1. The molecule has 1 N–H and O–H groups in total. The lowest BCUT2D eigenvalue weighted by Crippen LogP contribution is -2.26. The number of aliphatic hydroxyl groups is 1. The molecule has 3 aromatic rings. The SMILES string of the molecule is OC(Cc1c2c(c3cncn13)=CC=CC2)C1CCC(=CCOCc2ccccc2)CC1. The Hall–Kier alpha value is -2.69. The number of rotatable bonds is 7. The third-order valence-corrected chi connectivity index (χ3v) is 6.82. The van der Waals surface area contributed by atoms with E-state index < -0.39 is 0 Å². The predicted octanol–water partition coefficient (Wildman–Crippen LogP) is 4.18. The monoisotopic (exact) mass is 414 g/mol. The lowest BCUT2D eigenvalue weighted by molar-refractivity contribution is 0.0902. The highest BCUT2D eigenvalue weighted by Crippen LogP contribution is 2.32. The molecule has 1 fully saturated rings. The molecule has 160 valence electrons. The van der Waals surface area contributed by atoms with Crippen molar-refractivity contribution >= 4 is 11.6 Å². The van der Waals surface area contributed by atoms with Crippen LogP contribution in [-0.2, 0) is 24.2 Å². The molecule has 0 amide bonds. The molecule has 0 saturated heterocycles. The Bertz CT molecular complexity index is 1130. The van der Waals surface area contributed by atoms with Crippen LogP contribution in [0.5, 0.6) is 0 Å². The molecule has 2 aromatic heterocycles. The number of allylic oxidation sites excluding steroid dienone is 3. The Morgan fingerprint density at radius 2 is 2.03 bits per heavy atom. The third kappa shape index (κ3) is 4.36. The van der Waals surface area contributed by atoms with Gasteiger partial charge in [-0.05, 0) is 49.1 Å². The van der Waals surface area contributed by atoms with Gasteiger partial charge in [0.2, 0.25) is 0 Å². The summed E-state index contributed by atoms with van der Waals surface area (Å²) in [5.74, 6) is 0.356. The number of ether oxygens (including phenoxy) is 1. The van der Waals surface area contributed by atoms with Crippen LogP contribution < -0.4 is 5.22 Å². The smallest absolute Gasteiger partial charge is 0.0994 e. The van der Waals surface area contributed by atoms with Crippen LogP contribution >= 0.6 is 0 Å². The summed E-state index contributed by atoms with van der Waals surface area (Å²) in [6.45, 7) is 1.32. The van der Waals surface area contributed by atoms with Crippen LogP contribution in [0.4, 0.5) is 0 Å². The topological polar surface area (TPSA) is 46.8 Å². The van der Waals surface area contributed by atoms with Gasteiger partial charge in [-0.25, -0.2) is 4.98 Å². The Morgan fingerprint density at radius 1 is 1.19 bits per heavy atom. The van der Waals surface area contributed by atoms with E-state index in [1.807, 2.05) is 30.7 Å². The van der Waals surface area contributed by atoms with E-state index in [1.165, 1.54) is 27.6 Å². The largest absolute Gasteiger partial charge is 0.392 e. The first kappa shape index (κ1) is 20.2. The number of benzene rings is 1. The molecule has 2 aliphatic carbocycles. The van der Waals surface area contributed by atoms with Gasteiger partial charge in [-0.1, -0.05) is 60.2 Å². The number of hydrogen-bond acceptors (Lipinski definition) is 3. The molecule has 4 nitrogen and oxygen atoms in total. The summed E-state index contributed by atoms with van der Waals surface area (Å²) in [7, 11) is 0. The van der Waals surface area contributed by atoms with E-state index in [-0.39, 0.29) is 6.10 Å². The van der Waals surface area contributed by atoms with Crippen LogP contribution in [0.1, 0.15) is 42.5 Å². The molecule has 1 saturated carbocycles. The molecule has 2 aliphatic rings. The maximum atomic E-state index is 11.1. The maximum Gasteiger partial charge on any atom is 0.0994 e. The number of imidazole rings is 1. The quantitative estimate of drug-likeness (QED) is 0.466. The Labute approximate surface area is 183 Å². The predicted molar refractivity (Wildman–Crippen MR) is 124 cm³/mol. The molecule has 1 unspecified atom stereocenters. The normalized spacial score (nSPS) is 19.3. The van der Waals surface area contributed by atoms with Crippen molar-refractivity contribution in [2.24, 2.45) is 5.92 Å². The van der Waals surface area contributed by atoms with E-state index >= 15 is 0 Å². The summed E-state index contributed by atoms with van der Waals surface area (Å²) in [6.07, 6.45) is 18.1. The van der Waals surface area contributed by atoms with Crippen LogP contribution in [0, 0.1) is 5.92 Å².